The molecule has 0 saturated carbocycles. The molecular weight excluding hydrogens is 224 g/mol. The lowest BCUT2D eigenvalue weighted by atomic mass is 10.2. The first-order chi connectivity index (χ1) is 7.59. The first-order valence-electron chi connectivity index (χ1n) is 4.89. The highest BCUT2D eigenvalue weighted by atomic mass is 32.1. The molecule has 0 bridgehead atoms. The van der Waals surface area contributed by atoms with Crippen molar-refractivity contribution < 1.29 is 0 Å². The van der Waals surface area contributed by atoms with Crippen molar-refractivity contribution in [2.75, 3.05) is 0 Å². The number of hydrogen-bond acceptors (Lipinski definition) is 4. The molecule has 6 heteroatoms. The van der Waals surface area contributed by atoms with E-state index in [0.717, 1.165) is 15.3 Å². The van der Waals surface area contributed by atoms with Crippen molar-refractivity contribution in [1.29, 1.82) is 0 Å². The second kappa shape index (κ2) is 2.91. The van der Waals surface area contributed by atoms with Gasteiger partial charge in [-0.1, -0.05) is 0 Å². The van der Waals surface area contributed by atoms with Crippen LogP contribution in [0.1, 0.15) is 10.4 Å². The molecule has 0 fully saturated rings. The average Bonchev–Trinajstić information content (AvgIpc) is 2.72. The van der Waals surface area contributed by atoms with Crippen molar-refractivity contribution in [3.05, 3.63) is 27.1 Å². The number of fused-ring (bicyclic) bond motifs is 2. The van der Waals surface area contributed by atoms with Crippen LogP contribution in [0.4, 0.5) is 0 Å². The van der Waals surface area contributed by atoms with Crippen LogP contribution in [0.2, 0.25) is 0 Å². The summed E-state index contributed by atoms with van der Waals surface area (Å²) in [5.41, 5.74) is 0.931. The Bertz CT molecular complexity index is 764. The SMILES string of the molecule is Cc1sc2nc3n(C)cnn3c(=O)c2c1C. The summed E-state index contributed by atoms with van der Waals surface area (Å²) in [6.45, 7) is 3.95. The van der Waals surface area contributed by atoms with Crippen LogP contribution in [0.15, 0.2) is 11.1 Å². The van der Waals surface area contributed by atoms with Crippen LogP contribution in [0, 0.1) is 13.8 Å². The van der Waals surface area contributed by atoms with E-state index < -0.39 is 0 Å². The molecule has 3 heterocycles. The van der Waals surface area contributed by atoms with Gasteiger partial charge < -0.3 is 4.57 Å². The van der Waals surface area contributed by atoms with E-state index >= 15 is 0 Å². The van der Waals surface area contributed by atoms with Gasteiger partial charge in [-0.15, -0.1) is 11.3 Å². The van der Waals surface area contributed by atoms with Crippen LogP contribution in [-0.4, -0.2) is 19.2 Å². The van der Waals surface area contributed by atoms with Crippen LogP contribution >= 0.6 is 11.3 Å². The maximum absolute atomic E-state index is 12.2. The predicted molar refractivity (Wildman–Crippen MR) is 63.1 cm³/mol. The monoisotopic (exact) mass is 234 g/mol. The van der Waals surface area contributed by atoms with Crippen molar-refractivity contribution in [1.82, 2.24) is 19.2 Å². The highest BCUT2D eigenvalue weighted by Crippen LogP contribution is 2.25. The summed E-state index contributed by atoms with van der Waals surface area (Å²) in [7, 11) is 1.83. The van der Waals surface area contributed by atoms with E-state index in [9.17, 15) is 4.79 Å². The molecule has 82 valence electrons. The smallest absolute Gasteiger partial charge is 0.284 e. The van der Waals surface area contributed by atoms with Crippen molar-refractivity contribution >= 4 is 27.3 Å². The Labute approximate surface area is 95.0 Å². The van der Waals surface area contributed by atoms with Gasteiger partial charge in [-0.05, 0) is 19.4 Å². The standard InChI is InChI=1S/C10H10N4OS/c1-5-6(2)16-8-7(5)9(15)14-10(12-8)13(3)4-11-14/h4H,1-3H3. The van der Waals surface area contributed by atoms with E-state index in [1.807, 2.05) is 20.9 Å². The highest BCUT2D eigenvalue weighted by Gasteiger charge is 2.14. The van der Waals surface area contributed by atoms with Gasteiger partial charge in [0.15, 0.2) is 0 Å². The zero-order chi connectivity index (χ0) is 11.4. The number of aromatic nitrogens is 4. The molecule has 5 nitrogen and oxygen atoms in total. The zero-order valence-corrected chi connectivity index (χ0v) is 10.00. The molecule has 0 aliphatic carbocycles. The van der Waals surface area contributed by atoms with Gasteiger partial charge in [0, 0.05) is 11.9 Å². The number of hydrogen-bond donors (Lipinski definition) is 0. The summed E-state index contributed by atoms with van der Waals surface area (Å²) in [5.74, 6) is 0.582. The highest BCUT2D eigenvalue weighted by molar-refractivity contribution is 7.18. The third-order valence-corrected chi connectivity index (χ3v) is 3.92. The second-order valence-electron chi connectivity index (χ2n) is 3.83. The number of nitrogens with zero attached hydrogens (tertiary/aromatic N) is 4. The van der Waals surface area contributed by atoms with Gasteiger partial charge in [0.2, 0.25) is 5.78 Å². The predicted octanol–water partition coefficient (Wildman–Crippen LogP) is 1.26. The molecule has 0 aliphatic heterocycles. The molecule has 0 amide bonds. The lowest BCUT2D eigenvalue weighted by Gasteiger charge is -1.95. The summed E-state index contributed by atoms with van der Waals surface area (Å²) in [6, 6.07) is 0. The molecule has 0 aromatic carbocycles. The Balaban J connectivity index is 2.68. The normalized spacial score (nSPS) is 11.7. The van der Waals surface area contributed by atoms with Crippen molar-refractivity contribution in [3.8, 4) is 0 Å². The van der Waals surface area contributed by atoms with E-state index in [0.29, 0.717) is 11.2 Å². The van der Waals surface area contributed by atoms with Crippen molar-refractivity contribution in [3.63, 3.8) is 0 Å². The van der Waals surface area contributed by atoms with Gasteiger partial charge in [0.1, 0.15) is 11.2 Å². The van der Waals surface area contributed by atoms with Gasteiger partial charge in [0.25, 0.3) is 5.56 Å². The Hall–Kier alpha value is -1.69. The fourth-order valence-corrected chi connectivity index (χ4v) is 2.80. The van der Waals surface area contributed by atoms with E-state index in [4.69, 9.17) is 0 Å². The largest absolute Gasteiger partial charge is 0.302 e. The number of thiophene rings is 1. The number of aryl methyl sites for hydroxylation is 3. The Morgan fingerprint density at radius 2 is 2.12 bits per heavy atom. The molecule has 3 rings (SSSR count). The minimum absolute atomic E-state index is 0.0811. The lowest BCUT2D eigenvalue weighted by Crippen LogP contribution is -2.15. The van der Waals surface area contributed by atoms with Gasteiger partial charge in [-0.3, -0.25) is 4.79 Å². The first-order valence-corrected chi connectivity index (χ1v) is 5.71. The van der Waals surface area contributed by atoms with Gasteiger partial charge >= 0.3 is 0 Å². The van der Waals surface area contributed by atoms with Crippen LogP contribution in [-0.2, 0) is 7.05 Å². The second-order valence-corrected chi connectivity index (χ2v) is 5.04. The van der Waals surface area contributed by atoms with Gasteiger partial charge in [0.05, 0.1) is 5.39 Å². The molecule has 3 aromatic heterocycles. The van der Waals surface area contributed by atoms with Crippen LogP contribution in [0.5, 0.6) is 0 Å². The van der Waals surface area contributed by atoms with E-state index in [2.05, 4.69) is 10.1 Å². The molecule has 0 radical (unpaired) electrons. The summed E-state index contributed by atoms with van der Waals surface area (Å²) < 4.78 is 3.09. The van der Waals surface area contributed by atoms with Crippen LogP contribution in [0.3, 0.4) is 0 Å². The van der Waals surface area contributed by atoms with Crippen molar-refractivity contribution in [2.24, 2.45) is 7.05 Å². The molecule has 0 unspecified atom stereocenters. The third kappa shape index (κ3) is 1.02. The molecule has 0 aliphatic rings. The van der Waals surface area contributed by atoms with Gasteiger partial charge in [-0.2, -0.15) is 9.61 Å². The van der Waals surface area contributed by atoms with Crippen LogP contribution < -0.4 is 5.56 Å². The fraction of sp³-hybridized carbons (Fsp3) is 0.300. The summed E-state index contributed by atoms with van der Waals surface area (Å²) >= 11 is 1.55. The Morgan fingerprint density at radius 1 is 1.38 bits per heavy atom. The molecule has 0 spiro atoms. The average molecular weight is 234 g/mol. The quantitative estimate of drug-likeness (QED) is 0.588. The van der Waals surface area contributed by atoms with Crippen LogP contribution in [0.25, 0.3) is 16.0 Å². The Kier molecular flexibility index (Phi) is 1.74. The molecule has 16 heavy (non-hydrogen) atoms. The fourth-order valence-electron chi connectivity index (χ4n) is 1.79. The minimum atomic E-state index is -0.0811. The summed E-state index contributed by atoms with van der Waals surface area (Å²) in [6.07, 6.45) is 1.59. The van der Waals surface area contributed by atoms with E-state index in [1.165, 1.54) is 4.52 Å². The topological polar surface area (TPSA) is 52.2 Å². The zero-order valence-electron chi connectivity index (χ0n) is 9.18. The minimum Gasteiger partial charge on any atom is -0.302 e. The maximum atomic E-state index is 12.2. The Morgan fingerprint density at radius 3 is 2.88 bits per heavy atom. The molecular formula is C10H10N4OS. The summed E-state index contributed by atoms with van der Waals surface area (Å²) in [4.78, 5) is 18.6. The van der Waals surface area contributed by atoms with Gasteiger partial charge in [-0.25, -0.2) is 4.98 Å². The molecule has 3 aromatic rings. The first kappa shape index (κ1) is 9.53. The van der Waals surface area contributed by atoms with E-state index in [1.54, 1.807) is 22.2 Å². The van der Waals surface area contributed by atoms with E-state index in [-0.39, 0.29) is 5.56 Å². The molecule has 0 atom stereocenters. The number of rotatable bonds is 0. The molecule has 0 N–H and O–H groups in total. The maximum Gasteiger partial charge on any atom is 0.284 e. The summed E-state index contributed by atoms with van der Waals surface area (Å²) in [5, 5.41) is 4.72. The third-order valence-electron chi connectivity index (χ3n) is 2.82. The van der Waals surface area contributed by atoms with Crippen molar-refractivity contribution in [2.45, 2.75) is 13.8 Å². The lowest BCUT2D eigenvalue weighted by molar-refractivity contribution is 0.910. The molecule has 0 saturated heterocycles.